The molecule has 1 rings (SSSR count). The lowest BCUT2D eigenvalue weighted by molar-refractivity contribution is 0.593. The third kappa shape index (κ3) is 3.21. The summed E-state index contributed by atoms with van der Waals surface area (Å²) in [7, 11) is -3.62. The summed E-state index contributed by atoms with van der Waals surface area (Å²) in [6.45, 7) is 5.45. The first-order valence-corrected chi connectivity index (χ1v) is 6.94. The molecule has 4 nitrogen and oxygen atoms in total. The van der Waals surface area contributed by atoms with E-state index < -0.39 is 15.3 Å². The summed E-state index contributed by atoms with van der Waals surface area (Å²) >= 11 is 0. The molecule has 1 unspecified atom stereocenters. The molecule has 17 heavy (non-hydrogen) atoms. The van der Waals surface area contributed by atoms with Crippen LogP contribution in [0.15, 0.2) is 18.2 Å². The van der Waals surface area contributed by atoms with Gasteiger partial charge in [0.15, 0.2) is 5.25 Å². The van der Waals surface area contributed by atoms with Gasteiger partial charge in [0.1, 0.15) is 0 Å². The summed E-state index contributed by atoms with van der Waals surface area (Å²) < 4.78 is 26.2. The van der Waals surface area contributed by atoms with Crippen molar-refractivity contribution in [3.8, 4) is 6.07 Å². The van der Waals surface area contributed by atoms with Crippen molar-refractivity contribution in [3.05, 3.63) is 29.3 Å². The van der Waals surface area contributed by atoms with Gasteiger partial charge in [-0.15, -0.1) is 0 Å². The highest BCUT2D eigenvalue weighted by molar-refractivity contribution is 7.93. The molecule has 1 N–H and O–H groups in total. The van der Waals surface area contributed by atoms with Crippen molar-refractivity contribution in [3.63, 3.8) is 0 Å². The predicted molar refractivity (Wildman–Crippen MR) is 68.2 cm³/mol. The Morgan fingerprint density at radius 2 is 2.06 bits per heavy atom. The Morgan fingerprint density at radius 3 is 2.53 bits per heavy atom. The van der Waals surface area contributed by atoms with Crippen LogP contribution in [0.5, 0.6) is 0 Å². The van der Waals surface area contributed by atoms with Gasteiger partial charge in [-0.2, -0.15) is 5.26 Å². The zero-order valence-electron chi connectivity index (χ0n) is 10.2. The van der Waals surface area contributed by atoms with Crippen LogP contribution in [0.4, 0.5) is 5.69 Å². The highest BCUT2D eigenvalue weighted by Crippen LogP contribution is 2.19. The second kappa shape index (κ2) is 5.19. The van der Waals surface area contributed by atoms with Gasteiger partial charge in [-0.3, -0.25) is 4.72 Å². The van der Waals surface area contributed by atoms with Crippen LogP contribution in [0.25, 0.3) is 0 Å². The van der Waals surface area contributed by atoms with E-state index in [9.17, 15) is 8.42 Å². The number of aryl methyl sites for hydroxylation is 2. The Hall–Kier alpha value is -1.54. The van der Waals surface area contributed by atoms with Gasteiger partial charge >= 0.3 is 0 Å². The van der Waals surface area contributed by atoms with E-state index in [4.69, 9.17) is 5.26 Å². The maximum atomic E-state index is 11.9. The van der Waals surface area contributed by atoms with Gasteiger partial charge in [0.2, 0.25) is 10.0 Å². The number of benzene rings is 1. The van der Waals surface area contributed by atoms with E-state index in [1.807, 2.05) is 26.0 Å². The van der Waals surface area contributed by atoms with Crippen molar-refractivity contribution in [1.29, 1.82) is 5.26 Å². The first-order chi connectivity index (χ1) is 7.90. The van der Waals surface area contributed by atoms with E-state index in [1.165, 1.54) is 0 Å². The summed E-state index contributed by atoms with van der Waals surface area (Å²) in [5.74, 6) is 0. The fourth-order valence-corrected chi connectivity index (χ4v) is 2.79. The number of rotatable bonds is 4. The molecule has 0 fully saturated rings. The van der Waals surface area contributed by atoms with Crippen molar-refractivity contribution in [2.24, 2.45) is 0 Å². The van der Waals surface area contributed by atoms with Crippen LogP contribution in [0, 0.1) is 25.2 Å². The second-order valence-electron chi connectivity index (χ2n) is 3.99. The van der Waals surface area contributed by atoms with Crippen molar-refractivity contribution in [1.82, 2.24) is 0 Å². The number of hydrogen-bond donors (Lipinski definition) is 1. The SMILES string of the molecule is CCC(C#N)S(=O)(=O)Nc1ccc(C)cc1C. The van der Waals surface area contributed by atoms with Crippen LogP contribution in [0.3, 0.4) is 0 Å². The molecule has 0 bridgehead atoms. The maximum absolute atomic E-state index is 11.9. The van der Waals surface area contributed by atoms with Crippen LogP contribution in [0.1, 0.15) is 24.5 Å². The lowest BCUT2D eigenvalue weighted by Crippen LogP contribution is -2.26. The molecule has 0 aromatic heterocycles. The third-order valence-electron chi connectivity index (χ3n) is 2.52. The number of nitriles is 1. The van der Waals surface area contributed by atoms with Gasteiger partial charge < -0.3 is 0 Å². The molecule has 0 aliphatic heterocycles. The van der Waals surface area contributed by atoms with E-state index in [0.717, 1.165) is 11.1 Å². The molecule has 0 spiro atoms. The quantitative estimate of drug-likeness (QED) is 0.894. The minimum atomic E-state index is -3.62. The molecule has 92 valence electrons. The molecular weight excluding hydrogens is 236 g/mol. The van der Waals surface area contributed by atoms with Gasteiger partial charge in [0, 0.05) is 0 Å². The van der Waals surface area contributed by atoms with E-state index in [0.29, 0.717) is 5.69 Å². The average molecular weight is 252 g/mol. The zero-order valence-corrected chi connectivity index (χ0v) is 11.0. The molecule has 5 heteroatoms. The smallest absolute Gasteiger partial charge is 0.249 e. The summed E-state index contributed by atoms with van der Waals surface area (Å²) in [6.07, 6.45) is 0.275. The maximum Gasteiger partial charge on any atom is 0.249 e. The second-order valence-corrected chi connectivity index (χ2v) is 5.85. The third-order valence-corrected chi connectivity index (χ3v) is 4.22. The number of sulfonamides is 1. The molecule has 1 atom stereocenters. The van der Waals surface area contributed by atoms with E-state index in [2.05, 4.69) is 4.72 Å². The monoisotopic (exact) mass is 252 g/mol. The molecule has 0 heterocycles. The molecule has 0 radical (unpaired) electrons. The van der Waals surface area contributed by atoms with Crippen LogP contribution >= 0.6 is 0 Å². The topological polar surface area (TPSA) is 70.0 Å². The first kappa shape index (κ1) is 13.5. The molecule has 0 aliphatic rings. The molecule has 1 aromatic carbocycles. The van der Waals surface area contributed by atoms with Crippen LogP contribution < -0.4 is 4.72 Å². The standard InChI is InChI=1S/C12H16N2O2S/c1-4-11(8-13)17(15,16)14-12-6-5-9(2)7-10(12)3/h5-7,11,14H,4H2,1-3H3. The fraction of sp³-hybridized carbons (Fsp3) is 0.417. The van der Waals surface area contributed by atoms with Gasteiger partial charge in [-0.05, 0) is 31.9 Å². The Labute approximate surface area is 102 Å². The normalized spacial score (nSPS) is 12.8. The van der Waals surface area contributed by atoms with Gasteiger partial charge in [0.05, 0.1) is 11.8 Å². The fourth-order valence-electron chi connectivity index (χ4n) is 1.53. The zero-order chi connectivity index (χ0) is 13.1. The van der Waals surface area contributed by atoms with Crippen molar-refractivity contribution >= 4 is 15.7 Å². The minimum Gasteiger partial charge on any atom is -0.282 e. The molecule has 0 saturated heterocycles. The summed E-state index contributed by atoms with van der Waals surface area (Å²) in [4.78, 5) is 0. The molecule has 1 aromatic rings. The first-order valence-electron chi connectivity index (χ1n) is 5.39. The number of anilines is 1. The van der Waals surface area contributed by atoms with Crippen LogP contribution in [0.2, 0.25) is 0 Å². The number of hydrogen-bond acceptors (Lipinski definition) is 3. The summed E-state index contributed by atoms with van der Waals surface area (Å²) in [5, 5.41) is 7.77. The van der Waals surface area contributed by atoms with Gasteiger partial charge in [-0.1, -0.05) is 24.6 Å². The summed E-state index contributed by atoms with van der Waals surface area (Å²) in [6, 6.07) is 7.23. The largest absolute Gasteiger partial charge is 0.282 e. The van der Waals surface area contributed by atoms with Gasteiger partial charge in [-0.25, -0.2) is 8.42 Å². The Kier molecular flexibility index (Phi) is 4.13. The molecule has 0 saturated carbocycles. The van der Waals surface area contributed by atoms with Gasteiger partial charge in [0.25, 0.3) is 0 Å². The Bertz CT molecular complexity index is 544. The van der Waals surface area contributed by atoms with Crippen molar-refractivity contribution < 1.29 is 8.42 Å². The molecule has 0 amide bonds. The number of nitrogens with one attached hydrogen (secondary N) is 1. The molecule has 0 aliphatic carbocycles. The van der Waals surface area contributed by atoms with Crippen LogP contribution in [-0.2, 0) is 10.0 Å². The predicted octanol–water partition coefficient (Wildman–Crippen LogP) is 2.35. The van der Waals surface area contributed by atoms with E-state index in [1.54, 1.807) is 19.1 Å². The molecular formula is C12H16N2O2S. The van der Waals surface area contributed by atoms with Crippen molar-refractivity contribution in [2.75, 3.05) is 4.72 Å². The van der Waals surface area contributed by atoms with E-state index in [-0.39, 0.29) is 6.42 Å². The van der Waals surface area contributed by atoms with Crippen molar-refractivity contribution in [2.45, 2.75) is 32.4 Å². The lowest BCUT2D eigenvalue weighted by atomic mass is 10.1. The average Bonchev–Trinajstić information content (AvgIpc) is 2.23. The van der Waals surface area contributed by atoms with Crippen LogP contribution in [-0.4, -0.2) is 13.7 Å². The Morgan fingerprint density at radius 1 is 1.41 bits per heavy atom. The number of nitrogens with zero attached hydrogens (tertiary/aromatic N) is 1. The highest BCUT2D eigenvalue weighted by atomic mass is 32.2. The van der Waals surface area contributed by atoms with E-state index >= 15 is 0 Å². The summed E-state index contributed by atoms with van der Waals surface area (Å²) in [5.41, 5.74) is 2.45. The lowest BCUT2D eigenvalue weighted by Gasteiger charge is -2.13. The highest BCUT2D eigenvalue weighted by Gasteiger charge is 2.23. The minimum absolute atomic E-state index is 0.275. The Balaban J connectivity index is 3.03.